The van der Waals surface area contributed by atoms with Crippen molar-refractivity contribution in [2.75, 3.05) is 30.4 Å². The number of aryl methyl sites for hydroxylation is 1. The molecule has 1 aliphatic rings. The van der Waals surface area contributed by atoms with Gasteiger partial charge in [-0.05, 0) is 36.8 Å². The number of amidine groups is 1. The predicted octanol–water partition coefficient (Wildman–Crippen LogP) is 2.17. The molecule has 0 saturated heterocycles. The zero-order valence-corrected chi connectivity index (χ0v) is 14.9. The summed E-state index contributed by atoms with van der Waals surface area (Å²) < 4.78 is 30.3. The summed E-state index contributed by atoms with van der Waals surface area (Å²) in [5.41, 5.74) is 1.88. The summed E-state index contributed by atoms with van der Waals surface area (Å²) in [6.07, 6.45) is 0. The number of nitrogens with one attached hydrogen (secondary N) is 1. The van der Waals surface area contributed by atoms with Gasteiger partial charge in [-0.2, -0.15) is 8.42 Å². The van der Waals surface area contributed by atoms with E-state index in [2.05, 4.69) is 10.3 Å². The van der Waals surface area contributed by atoms with Crippen LogP contribution in [-0.2, 0) is 10.1 Å². The van der Waals surface area contributed by atoms with E-state index in [0.29, 0.717) is 18.8 Å². The first-order valence-corrected chi connectivity index (χ1v) is 9.66. The molecule has 0 spiro atoms. The van der Waals surface area contributed by atoms with Crippen LogP contribution >= 0.6 is 0 Å². The van der Waals surface area contributed by atoms with Crippen LogP contribution in [0.1, 0.15) is 5.56 Å². The molecule has 0 unspecified atom stereocenters. The normalized spacial score (nSPS) is 13.9. The minimum Gasteiger partial charge on any atom is -0.381 e. The molecule has 0 aromatic heterocycles. The van der Waals surface area contributed by atoms with Gasteiger partial charge in [0.15, 0.2) is 5.88 Å². The fourth-order valence-electron chi connectivity index (χ4n) is 2.61. The molecule has 0 fully saturated rings. The molecule has 0 atom stereocenters. The van der Waals surface area contributed by atoms with Crippen LogP contribution in [0.5, 0.6) is 5.75 Å². The Morgan fingerprint density at radius 2 is 1.96 bits per heavy atom. The first kappa shape index (κ1) is 17.3. The van der Waals surface area contributed by atoms with Crippen molar-refractivity contribution in [3.8, 4) is 5.75 Å². The molecule has 1 heterocycles. The van der Waals surface area contributed by atoms with Gasteiger partial charge >= 0.3 is 10.1 Å². The summed E-state index contributed by atoms with van der Waals surface area (Å²) in [6, 6.07) is 16.2. The molecule has 0 amide bonds. The summed E-state index contributed by atoms with van der Waals surface area (Å²) in [6.45, 7) is 3.86. The van der Waals surface area contributed by atoms with Crippen molar-refractivity contribution in [2.45, 2.75) is 6.92 Å². The van der Waals surface area contributed by atoms with Crippen molar-refractivity contribution in [1.82, 2.24) is 5.32 Å². The van der Waals surface area contributed by atoms with Crippen molar-refractivity contribution in [1.29, 1.82) is 0 Å². The average molecular weight is 359 g/mol. The van der Waals surface area contributed by atoms with E-state index in [1.807, 2.05) is 37.3 Å². The van der Waals surface area contributed by atoms with E-state index in [-0.39, 0.29) is 5.88 Å². The van der Waals surface area contributed by atoms with Crippen LogP contribution in [0.25, 0.3) is 0 Å². The molecule has 2 aromatic rings. The second-order valence-corrected chi connectivity index (χ2v) is 7.42. The first-order valence-electron chi connectivity index (χ1n) is 8.08. The lowest BCUT2D eigenvalue weighted by atomic mass is 10.2. The average Bonchev–Trinajstić information content (AvgIpc) is 3.07. The predicted molar refractivity (Wildman–Crippen MR) is 99.7 cm³/mol. The second kappa shape index (κ2) is 7.57. The molecule has 1 N–H and O–H groups in total. The van der Waals surface area contributed by atoms with Crippen molar-refractivity contribution in [3.63, 3.8) is 0 Å². The summed E-state index contributed by atoms with van der Waals surface area (Å²) in [5.74, 6) is 0.839. The van der Waals surface area contributed by atoms with E-state index in [0.717, 1.165) is 23.6 Å². The molecule has 1 aliphatic heterocycles. The molecule has 7 heteroatoms. The quantitative estimate of drug-likeness (QED) is 0.767. The molecule has 0 bridgehead atoms. The van der Waals surface area contributed by atoms with Crippen molar-refractivity contribution in [2.24, 2.45) is 4.99 Å². The maximum Gasteiger partial charge on any atom is 0.327 e. The Kier molecular flexibility index (Phi) is 5.23. The van der Waals surface area contributed by atoms with E-state index >= 15 is 0 Å². The van der Waals surface area contributed by atoms with E-state index in [1.165, 1.54) is 0 Å². The highest BCUT2D eigenvalue weighted by atomic mass is 32.2. The van der Waals surface area contributed by atoms with Crippen molar-refractivity contribution in [3.05, 3.63) is 60.2 Å². The Labute approximate surface area is 148 Å². The Hall–Kier alpha value is -2.54. The van der Waals surface area contributed by atoms with Gasteiger partial charge in [-0.25, -0.2) is 0 Å². The van der Waals surface area contributed by atoms with Gasteiger partial charge in [0.2, 0.25) is 0 Å². The number of hydrogen-bond acceptors (Lipinski definition) is 6. The smallest absolute Gasteiger partial charge is 0.327 e. The summed E-state index contributed by atoms with van der Waals surface area (Å²) in [7, 11) is -3.79. The SMILES string of the molecule is Cc1cccc(N(CC2=NCCN2)CS(=O)(=O)Oc2ccccc2)c1. The molecule has 25 heavy (non-hydrogen) atoms. The maximum atomic E-state index is 12.5. The Bertz CT molecular complexity index is 851. The number of rotatable bonds is 7. The van der Waals surface area contributed by atoms with Crippen LogP contribution in [0.4, 0.5) is 5.69 Å². The molecular formula is C18H21N3O3S. The third-order valence-corrected chi connectivity index (χ3v) is 4.81. The summed E-state index contributed by atoms with van der Waals surface area (Å²) >= 11 is 0. The Morgan fingerprint density at radius 1 is 1.16 bits per heavy atom. The van der Waals surface area contributed by atoms with Gasteiger partial charge in [0.25, 0.3) is 0 Å². The minimum atomic E-state index is -3.79. The number of anilines is 1. The maximum absolute atomic E-state index is 12.5. The zero-order chi connectivity index (χ0) is 17.7. The third kappa shape index (κ3) is 4.96. The van der Waals surface area contributed by atoms with Gasteiger partial charge in [-0.15, -0.1) is 0 Å². The molecular weight excluding hydrogens is 338 g/mol. The second-order valence-electron chi connectivity index (χ2n) is 5.88. The van der Waals surface area contributed by atoms with Gasteiger partial charge in [-0.3, -0.25) is 4.99 Å². The largest absolute Gasteiger partial charge is 0.381 e. The van der Waals surface area contributed by atoms with Gasteiger partial charge in [0.05, 0.1) is 13.1 Å². The van der Waals surface area contributed by atoms with Crippen LogP contribution in [0.15, 0.2) is 59.6 Å². The molecule has 132 valence electrons. The lowest BCUT2D eigenvalue weighted by Gasteiger charge is -2.24. The topological polar surface area (TPSA) is 71.0 Å². The minimum absolute atomic E-state index is 0.258. The van der Waals surface area contributed by atoms with Crippen molar-refractivity contribution >= 4 is 21.6 Å². The third-order valence-electron chi connectivity index (χ3n) is 3.73. The van der Waals surface area contributed by atoms with E-state index in [4.69, 9.17) is 4.18 Å². The standard InChI is InChI=1S/C18H21N3O3S/c1-15-6-5-7-16(12-15)21(13-18-19-10-11-20-18)14-25(22,23)24-17-8-3-2-4-9-17/h2-9,12H,10-11,13-14H2,1H3,(H,19,20). The molecule has 0 radical (unpaired) electrons. The van der Waals surface area contributed by atoms with E-state index < -0.39 is 10.1 Å². The number of benzene rings is 2. The zero-order valence-electron chi connectivity index (χ0n) is 14.1. The van der Waals surface area contributed by atoms with Gasteiger partial charge in [0, 0.05) is 12.2 Å². The highest BCUT2D eigenvalue weighted by Gasteiger charge is 2.21. The first-order chi connectivity index (χ1) is 12.0. The molecule has 0 aliphatic carbocycles. The van der Waals surface area contributed by atoms with Gasteiger partial charge in [-0.1, -0.05) is 30.3 Å². The Morgan fingerprint density at radius 3 is 2.64 bits per heavy atom. The Balaban J connectivity index is 1.81. The van der Waals surface area contributed by atoms with E-state index in [1.54, 1.807) is 29.2 Å². The van der Waals surface area contributed by atoms with Gasteiger partial charge in [0.1, 0.15) is 11.6 Å². The van der Waals surface area contributed by atoms with Crippen LogP contribution < -0.4 is 14.4 Å². The molecule has 6 nitrogen and oxygen atoms in total. The van der Waals surface area contributed by atoms with Crippen LogP contribution in [-0.4, -0.2) is 39.8 Å². The monoisotopic (exact) mass is 359 g/mol. The van der Waals surface area contributed by atoms with Crippen LogP contribution in [0.3, 0.4) is 0 Å². The van der Waals surface area contributed by atoms with Gasteiger partial charge < -0.3 is 14.4 Å². The number of para-hydroxylation sites is 1. The molecule has 0 saturated carbocycles. The number of nitrogens with zero attached hydrogens (tertiary/aromatic N) is 2. The highest BCUT2D eigenvalue weighted by Crippen LogP contribution is 2.19. The van der Waals surface area contributed by atoms with Crippen molar-refractivity contribution < 1.29 is 12.6 Å². The molecule has 3 rings (SSSR count). The lowest BCUT2D eigenvalue weighted by Crippen LogP contribution is -2.39. The van der Waals surface area contributed by atoms with Crippen LogP contribution in [0.2, 0.25) is 0 Å². The van der Waals surface area contributed by atoms with Crippen LogP contribution in [0, 0.1) is 6.92 Å². The fourth-order valence-corrected chi connectivity index (χ4v) is 3.69. The number of aliphatic imine (C=N–C) groups is 1. The van der Waals surface area contributed by atoms with E-state index in [9.17, 15) is 8.42 Å². The fraction of sp³-hybridized carbons (Fsp3) is 0.278. The summed E-state index contributed by atoms with van der Waals surface area (Å²) in [4.78, 5) is 6.12. The molecule has 2 aromatic carbocycles. The lowest BCUT2D eigenvalue weighted by molar-refractivity contribution is 0.485. The number of hydrogen-bond donors (Lipinski definition) is 1. The highest BCUT2D eigenvalue weighted by molar-refractivity contribution is 7.87. The summed E-state index contributed by atoms with van der Waals surface area (Å²) in [5, 5.41) is 3.18.